The van der Waals surface area contributed by atoms with Crippen LogP contribution in [0.15, 0.2) is 24.3 Å². The number of benzene rings is 1. The predicted molar refractivity (Wildman–Crippen MR) is 70.7 cm³/mol. The monoisotopic (exact) mass is 265 g/mol. The average molecular weight is 265 g/mol. The molecule has 5 heteroatoms. The van der Waals surface area contributed by atoms with Crippen LogP contribution in [0.25, 0.3) is 0 Å². The first-order valence-electron chi connectivity index (χ1n) is 6.16. The molecule has 0 radical (unpaired) electrons. The zero-order valence-electron chi connectivity index (χ0n) is 11.1. The van der Waals surface area contributed by atoms with Crippen molar-refractivity contribution >= 4 is 11.9 Å². The number of aliphatic carboxylic acids is 1. The summed E-state index contributed by atoms with van der Waals surface area (Å²) in [4.78, 5) is 22.7. The number of carbonyl (C=O) groups excluding carboxylic acids is 1. The second-order valence-corrected chi connectivity index (χ2v) is 4.78. The van der Waals surface area contributed by atoms with E-state index >= 15 is 0 Å². The van der Waals surface area contributed by atoms with Crippen LogP contribution < -0.4 is 5.32 Å². The summed E-state index contributed by atoms with van der Waals surface area (Å²) >= 11 is 0. The summed E-state index contributed by atoms with van der Waals surface area (Å²) in [6, 6.07) is 6.15. The number of amides is 1. The summed E-state index contributed by atoms with van der Waals surface area (Å²) in [5.41, 5.74) is 1.18. The molecule has 1 unspecified atom stereocenters. The normalized spacial score (nSPS) is 12.2. The van der Waals surface area contributed by atoms with Crippen LogP contribution in [0.3, 0.4) is 0 Å². The Morgan fingerprint density at radius 2 is 1.79 bits per heavy atom. The summed E-state index contributed by atoms with van der Waals surface area (Å²) in [5.74, 6) is -1.20. The number of hydrogen-bond donors (Lipinski definition) is 3. The van der Waals surface area contributed by atoms with Gasteiger partial charge in [-0.3, -0.25) is 9.59 Å². The minimum atomic E-state index is -0.936. The van der Waals surface area contributed by atoms with E-state index in [-0.39, 0.29) is 24.9 Å². The predicted octanol–water partition coefficient (Wildman–Crippen LogP) is 1.41. The number of hydrogen-bond acceptors (Lipinski definition) is 3. The molecule has 1 rings (SSSR count). The molecular weight excluding hydrogens is 246 g/mol. The molecule has 0 fully saturated rings. The fourth-order valence-electron chi connectivity index (χ4n) is 1.65. The molecule has 5 nitrogen and oxygen atoms in total. The highest BCUT2D eigenvalue weighted by molar-refractivity contribution is 5.94. The molecule has 1 amide bonds. The van der Waals surface area contributed by atoms with Gasteiger partial charge in [-0.05, 0) is 23.6 Å². The summed E-state index contributed by atoms with van der Waals surface area (Å²) in [6.45, 7) is 3.65. The minimum absolute atomic E-state index is 0.0387. The van der Waals surface area contributed by atoms with Gasteiger partial charge in [0.15, 0.2) is 0 Å². The van der Waals surface area contributed by atoms with E-state index in [4.69, 9.17) is 10.2 Å². The Bertz CT molecular complexity index is 439. The standard InChI is InChI=1S/C14H19NO4/c1-9(2)12(7-13(17)18)15-14(19)11-5-3-10(8-16)4-6-11/h3-6,9,12,16H,7-8H2,1-2H3,(H,15,19)(H,17,18). The van der Waals surface area contributed by atoms with Gasteiger partial charge in [-0.1, -0.05) is 26.0 Å². The van der Waals surface area contributed by atoms with E-state index in [1.165, 1.54) is 0 Å². The molecule has 0 aliphatic rings. The fourth-order valence-corrected chi connectivity index (χ4v) is 1.65. The molecule has 104 valence electrons. The molecule has 1 aromatic rings. The van der Waals surface area contributed by atoms with E-state index in [1.54, 1.807) is 24.3 Å². The number of carbonyl (C=O) groups is 2. The Hall–Kier alpha value is -1.88. The van der Waals surface area contributed by atoms with Crippen molar-refractivity contribution in [1.82, 2.24) is 5.32 Å². The summed E-state index contributed by atoms with van der Waals surface area (Å²) < 4.78 is 0. The van der Waals surface area contributed by atoms with Crippen LogP contribution in [0.4, 0.5) is 0 Å². The van der Waals surface area contributed by atoms with Gasteiger partial charge in [0.1, 0.15) is 0 Å². The largest absolute Gasteiger partial charge is 0.481 e. The Labute approximate surface area is 112 Å². The highest BCUT2D eigenvalue weighted by Crippen LogP contribution is 2.09. The summed E-state index contributed by atoms with van der Waals surface area (Å²) in [6.07, 6.45) is -0.0991. The molecule has 0 spiro atoms. The van der Waals surface area contributed by atoms with Crippen molar-refractivity contribution in [2.24, 2.45) is 5.92 Å². The van der Waals surface area contributed by atoms with Gasteiger partial charge in [-0.2, -0.15) is 0 Å². The second kappa shape index (κ2) is 6.89. The molecule has 1 atom stereocenters. The molecule has 19 heavy (non-hydrogen) atoms. The van der Waals surface area contributed by atoms with Crippen molar-refractivity contribution in [2.45, 2.75) is 32.9 Å². The maximum Gasteiger partial charge on any atom is 0.305 e. The topological polar surface area (TPSA) is 86.6 Å². The van der Waals surface area contributed by atoms with Crippen LogP contribution in [-0.4, -0.2) is 28.1 Å². The van der Waals surface area contributed by atoms with Gasteiger partial charge in [0, 0.05) is 11.6 Å². The first kappa shape index (κ1) is 15.2. The Kier molecular flexibility index (Phi) is 5.51. The number of nitrogens with one attached hydrogen (secondary N) is 1. The van der Waals surface area contributed by atoms with Crippen molar-refractivity contribution in [2.75, 3.05) is 0 Å². The van der Waals surface area contributed by atoms with Crippen LogP contribution in [0.2, 0.25) is 0 Å². The van der Waals surface area contributed by atoms with Gasteiger partial charge >= 0.3 is 5.97 Å². The van der Waals surface area contributed by atoms with E-state index in [1.807, 2.05) is 13.8 Å². The molecule has 0 saturated heterocycles. The Morgan fingerprint density at radius 3 is 2.21 bits per heavy atom. The highest BCUT2D eigenvalue weighted by Gasteiger charge is 2.19. The molecular formula is C14H19NO4. The lowest BCUT2D eigenvalue weighted by Gasteiger charge is -2.20. The average Bonchev–Trinajstić information content (AvgIpc) is 2.37. The van der Waals surface area contributed by atoms with E-state index < -0.39 is 12.0 Å². The lowest BCUT2D eigenvalue weighted by Crippen LogP contribution is -2.40. The van der Waals surface area contributed by atoms with Gasteiger partial charge in [0.05, 0.1) is 13.0 Å². The molecule has 0 aliphatic heterocycles. The number of rotatable bonds is 6. The zero-order chi connectivity index (χ0) is 14.4. The van der Waals surface area contributed by atoms with Gasteiger partial charge in [0.2, 0.25) is 0 Å². The van der Waals surface area contributed by atoms with Crippen molar-refractivity contribution < 1.29 is 19.8 Å². The third kappa shape index (κ3) is 4.71. The second-order valence-electron chi connectivity index (χ2n) is 4.78. The maximum absolute atomic E-state index is 12.0. The van der Waals surface area contributed by atoms with Crippen LogP contribution >= 0.6 is 0 Å². The van der Waals surface area contributed by atoms with Crippen molar-refractivity contribution in [3.8, 4) is 0 Å². The van der Waals surface area contributed by atoms with Crippen LogP contribution in [0.5, 0.6) is 0 Å². The molecule has 0 bridgehead atoms. The molecule has 0 saturated carbocycles. The van der Waals surface area contributed by atoms with Crippen LogP contribution in [0, 0.1) is 5.92 Å². The molecule has 1 aromatic carbocycles. The van der Waals surface area contributed by atoms with Crippen molar-refractivity contribution in [3.63, 3.8) is 0 Å². The quantitative estimate of drug-likeness (QED) is 0.725. The molecule has 0 aromatic heterocycles. The van der Waals surface area contributed by atoms with E-state index in [2.05, 4.69) is 5.32 Å². The summed E-state index contributed by atoms with van der Waals surface area (Å²) in [5, 5.41) is 20.4. The smallest absolute Gasteiger partial charge is 0.305 e. The number of carboxylic acid groups (broad SMARTS) is 1. The maximum atomic E-state index is 12.0. The Balaban J connectivity index is 2.72. The molecule has 0 aliphatic carbocycles. The lowest BCUT2D eigenvalue weighted by molar-refractivity contribution is -0.137. The first-order chi connectivity index (χ1) is 8.93. The van der Waals surface area contributed by atoms with E-state index in [9.17, 15) is 9.59 Å². The zero-order valence-corrected chi connectivity index (χ0v) is 11.1. The summed E-state index contributed by atoms with van der Waals surface area (Å²) in [7, 11) is 0. The van der Waals surface area contributed by atoms with Gasteiger partial charge in [-0.15, -0.1) is 0 Å². The lowest BCUT2D eigenvalue weighted by atomic mass is 10.0. The fraction of sp³-hybridized carbons (Fsp3) is 0.429. The number of carboxylic acids is 1. The van der Waals surface area contributed by atoms with Crippen LogP contribution in [0.1, 0.15) is 36.2 Å². The number of aliphatic hydroxyl groups excluding tert-OH is 1. The first-order valence-corrected chi connectivity index (χ1v) is 6.16. The third-order valence-corrected chi connectivity index (χ3v) is 2.91. The molecule has 0 heterocycles. The van der Waals surface area contributed by atoms with E-state index in [0.29, 0.717) is 5.56 Å². The minimum Gasteiger partial charge on any atom is -0.481 e. The highest BCUT2D eigenvalue weighted by atomic mass is 16.4. The van der Waals surface area contributed by atoms with Crippen molar-refractivity contribution in [1.29, 1.82) is 0 Å². The van der Waals surface area contributed by atoms with Gasteiger partial charge < -0.3 is 15.5 Å². The molecule has 3 N–H and O–H groups in total. The van der Waals surface area contributed by atoms with Crippen molar-refractivity contribution in [3.05, 3.63) is 35.4 Å². The SMILES string of the molecule is CC(C)C(CC(=O)O)NC(=O)c1ccc(CO)cc1. The van der Waals surface area contributed by atoms with E-state index in [0.717, 1.165) is 5.56 Å². The van der Waals surface area contributed by atoms with Gasteiger partial charge in [0.25, 0.3) is 5.91 Å². The Morgan fingerprint density at radius 1 is 1.21 bits per heavy atom. The van der Waals surface area contributed by atoms with Crippen LogP contribution in [-0.2, 0) is 11.4 Å². The number of aliphatic hydroxyl groups is 1. The third-order valence-electron chi connectivity index (χ3n) is 2.91. The van der Waals surface area contributed by atoms with Gasteiger partial charge in [-0.25, -0.2) is 0 Å².